The van der Waals surface area contributed by atoms with E-state index in [1.807, 2.05) is 0 Å². The van der Waals surface area contributed by atoms with E-state index >= 15 is 0 Å². The largest absolute Gasteiger partial charge is 0.573 e. The monoisotopic (exact) mass is 439 g/mol. The maximum atomic E-state index is 12.2. The molecule has 100 valence electrons. The highest BCUT2D eigenvalue weighted by molar-refractivity contribution is 14.1. The Morgan fingerprint density at radius 3 is 2.61 bits per heavy atom. The zero-order valence-electron chi connectivity index (χ0n) is 8.85. The van der Waals surface area contributed by atoms with Gasteiger partial charge in [-0.25, -0.2) is 9.78 Å². The first-order valence-electron chi connectivity index (χ1n) is 4.38. The molecule has 0 fully saturated rings. The minimum absolute atomic E-state index is 0.0457. The maximum Gasteiger partial charge on any atom is 0.573 e. The SMILES string of the molecule is COC(=O)c1cc(OC(F)(F)F)c(CBr)nc1I. The molecule has 0 aromatic carbocycles. The van der Waals surface area contributed by atoms with Gasteiger partial charge in [-0.15, -0.1) is 13.2 Å². The maximum absolute atomic E-state index is 12.2. The number of halogens is 5. The summed E-state index contributed by atoms with van der Waals surface area (Å²) in [6.45, 7) is 0. The Hall–Kier alpha value is -0.580. The number of alkyl halides is 4. The highest BCUT2D eigenvalue weighted by Crippen LogP contribution is 2.29. The summed E-state index contributed by atoms with van der Waals surface area (Å²) in [4.78, 5) is 15.2. The van der Waals surface area contributed by atoms with Gasteiger partial charge in [0.15, 0.2) is 5.75 Å². The van der Waals surface area contributed by atoms with Gasteiger partial charge in [-0.05, 0) is 28.7 Å². The first-order valence-corrected chi connectivity index (χ1v) is 6.58. The van der Waals surface area contributed by atoms with Crippen molar-refractivity contribution in [2.75, 3.05) is 7.11 Å². The zero-order valence-corrected chi connectivity index (χ0v) is 12.6. The third-order valence-electron chi connectivity index (χ3n) is 1.77. The number of hydrogen-bond donors (Lipinski definition) is 0. The second kappa shape index (κ2) is 6.04. The lowest BCUT2D eigenvalue weighted by molar-refractivity contribution is -0.275. The Kier molecular flexibility index (Phi) is 5.20. The molecule has 4 nitrogen and oxygen atoms in total. The van der Waals surface area contributed by atoms with Crippen LogP contribution in [0.25, 0.3) is 0 Å². The number of methoxy groups -OCH3 is 1. The Labute approximate surface area is 122 Å². The fraction of sp³-hybridized carbons (Fsp3) is 0.333. The van der Waals surface area contributed by atoms with Crippen molar-refractivity contribution in [2.24, 2.45) is 0 Å². The van der Waals surface area contributed by atoms with Crippen molar-refractivity contribution >= 4 is 44.5 Å². The van der Waals surface area contributed by atoms with E-state index in [-0.39, 0.29) is 20.3 Å². The fourth-order valence-electron chi connectivity index (χ4n) is 1.07. The van der Waals surface area contributed by atoms with Crippen LogP contribution in [0, 0.1) is 3.70 Å². The number of esters is 1. The van der Waals surface area contributed by atoms with Crippen LogP contribution in [-0.2, 0) is 10.1 Å². The van der Waals surface area contributed by atoms with Gasteiger partial charge in [-0.2, -0.15) is 0 Å². The molecule has 0 N–H and O–H groups in total. The number of hydrogen-bond acceptors (Lipinski definition) is 4. The van der Waals surface area contributed by atoms with E-state index in [1.54, 1.807) is 22.6 Å². The zero-order chi connectivity index (χ0) is 13.9. The Morgan fingerprint density at radius 1 is 1.56 bits per heavy atom. The molecular weight excluding hydrogens is 434 g/mol. The number of rotatable bonds is 3. The van der Waals surface area contributed by atoms with Crippen molar-refractivity contribution in [3.05, 3.63) is 21.0 Å². The van der Waals surface area contributed by atoms with Gasteiger partial charge in [-0.3, -0.25) is 0 Å². The van der Waals surface area contributed by atoms with Crippen molar-refractivity contribution < 1.29 is 27.4 Å². The van der Waals surface area contributed by atoms with Gasteiger partial charge in [0.05, 0.1) is 18.4 Å². The molecule has 0 radical (unpaired) electrons. The van der Waals surface area contributed by atoms with Crippen LogP contribution >= 0.6 is 38.5 Å². The van der Waals surface area contributed by atoms with Gasteiger partial charge in [0.25, 0.3) is 0 Å². The van der Waals surface area contributed by atoms with Gasteiger partial charge in [0.1, 0.15) is 3.70 Å². The molecule has 0 spiro atoms. The van der Waals surface area contributed by atoms with Crippen LogP contribution < -0.4 is 4.74 Å². The van der Waals surface area contributed by atoms with Crippen molar-refractivity contribution in [3.8, 4) is 5.75 Å². The van der Waals surface area contributed by atoms with Crippen molar-refractivity contribution in [1.82, 2.24) is 4.98 Å². The van der Waals surface area contributed by atoms with E-state index in [2.05, 4.69) is 30.4 Å². The Morgan fingerprint density at radius 2 is 2.17 bits per heavy atom. The van der Waals surface area contributed by atoms with Crippen LogP contribution in [0.3, 0.4) is 0 Å². The van der Waals surface area contributed by atoms with Crippen molar-refractivity contribution in [2.45, 2.75) is 11.7 Å². The van der Waals surface area contributed by atoms with Crippen molar-refractivity contribution in [1.29, 1.82) is 0 Å². The molecule has 0 amide bonds. The lowest BCUT2D eigenvalue weighted by Gasteiger charge is -2.13. The summed E-state index contributed by atoms with van der Waals surface area (Å²) in [5.41, 5.74) is -0.0357. The lowest BCUT2D eigenvalue weighted by Crippen LogP contribution is -2.19. The molecular formula is C9H6BrF3INO3. The number of aromatic nitrogens is 1. The summed E-state index contributed by atoms with van der Waals surface area (Å²) in [6, 6.07) is 0.963. The molecule has 0 saturated heterocycles. The number of nitrogens with zero attached hydrogens (tertiary/aromatic N) is 1. The molecule has 1 aromatic heterocycles. The lowest BCUT2D eigenvalue weighted by atomic mass is 10.2. The van der Waals surface area contributed by atoms with Gasteiger partial charge < -0.3 is 9.47 Å². The third kappa shape index (κ3) is 3.97. The highest BCUT2D eigenvalue weighted by atomic mass is 127. The highest BCUT2D eigenvalue weighted by Gasteiger charge is 2.33. The number of carbonyl (C=O) groups excluding carboxylic acids is 1. The molecule has 0 atom stereocenters. The molecule has 0 aliphatic carbocycles. The van der Waals surface area contributed by atoms with Gasteiger partial charge in [0.2, 0.25) is 0 Å². The van der Waals surface area contributed by atoms with Crippen molar-refractivity contribution in [3.63, 3.8) is 0 Å². The third-order valence-corrected chi connectivity index (χ3v) is 3.13. The van der Waals surface area contributed by atoms with E-state index in [0.717, 1.165) is 13.2 Å². The molecule has 0 saturated carbocycles. The van der Waals surface area contributed by atoms with Crippen LogP contribution in [-0.4, -0.2) is 24.4 Å². The predicted octanol–water partition coefficient (Wildman–Crippen LogP) is 3.27. The van der Waals surface area contributed by atoms with E-state index in [1.165, 1.54) is 0 Å². The molecule has 0 aliphatic heterocycles. The van der Waals surface area contributed by atoms with E-state index in [9.17, 15) is 18.0 Å². The van der Waals surface area contributed by atoms with Crippen LogP contribution in [0.15, 0.2) is 6.07 Å². The fourth-order valence-corrected chi connectivity index (χ4v) is 2.14. The molecule has 18 heavy (non-hydrogen) atoms. The summed E-state index contributed by atoms with van der Waals surface area (Å²) in [6.07, 6.45) is -4.85. The van der Waals surface area contributed by atoms with Gasteiger partial charge in [-0.1, -0.05) is 15.9 Å². The number of pyridine rings is 1. The summed E-state index contributed by atoms with van der Waals surface area (Å²) >= 11 is 4.73. The average Bonchev–Trinajstić information content (AvgIpc) is 2.28. The molecule has 1 aromatic rings. The van der Waals surface area contributed by atoms with E-state index in [0.29, 0.717) is 0 Å². The molecule has 0 unspecified atom stereocenters. The normalized spacial score (nSPS) is 11.2. The summed E-state index contributed by atoms with van der Waals surface area (Å²) in [7, 11) is 1.13. The average molecular weight is 440 g/mol. The minimum atomic E-state index is -4.85. The molecule has 9 heteroatoms. The Balaban J connectivity index is 3.26. The van der Waals surface area contributed by atoms with Gasteiger partial charge in [0, 0.05) is 5.33 Å². The number of ether oxygens (including phenoxy) is 2. The molecule has 0 aliphatic rings. The summed E-state index contributed by atoms with van der Waals surface area (Å²) in [5, 5.41) is 0.0653. The smallest absolute Gasteiger partial charge is 0.465 e. The van der Waals surface area contributed by atoms with Gasteiger partial charge >= 0.3 is 12.3 Å². The number of carbonyl (C=O) groups is 1. The second-order valence-electron chi connectivity index (χ2n) is 2.94. The van der Waals surface area contributed by atoms with Crippen LogP contribution in [0.1, 0.15) is 16.1 Å². The van der Waals surface area contributed by atoms with E-state index in [4.69, 9.17) is 0 Å². The summed E-state index contributed by atoms with van der Waals surface area (Å²) < 4.78 is 45.1. The topological polar surface area (TPSA) is 48.4 Å². The standard InChI is InChI=1S/C9H6BrF3INO3/c1-17-8(16)4-2-6(18-9(11,12)13)5(3-10)15-7(4)14/h2H,3H2,1H3. The molecule has 1 rings (SSSR count). The predicted molar refractivity (Wildman–Crippen MR) is 67.6 cm³/mol. The molecule has 1 heterocycles. The minimum Gasteiger partial charge on any atom is -0.465 e. The first-order chi connectivity index (χ1) is 8.28. The quantitative estimate of drug-likeness (QED) is 0.314. The first kappa shape index (κ1) is 15.5. The van der Waals surface area contributed by atoms with Crippen LogP contribution in [0.4, 0.5) is 13.2 Å². The van der Waals surface area contributed by atoms with Crippen LogP contribution in [0.5, 0.6) is 5.75 Å². The van der Waals surface area contributed by atoms with E-state index < -0.39 is 18.1 Å². The molecule has 0 bridgehead atoms. The van der Waals surface area contributed by atoms with Crippen LogP contribution in [0.2, 0.25) is 0 Å². The Bertz CT molecular complexity index is 467. The summed E-state index contributed by atoms with van der Waals surface area (Å²) in [5.74, 6) is -1.31. The second-order valence-corrected chi connectivity index (χ2v) is 4.53.